The maximum Gasteiger partial charge on any atom is 0.316 e. The van der Waals surface area contributed by atoms with E-state index in [1.807, 2.05) is 0 Å². The molecule has 0 aliphatic carbocycles. The van der Waals surface area contributed by atoms with Crippen LogP contribution in [-0.2, 0) is 9.53 Å². The number of ketones is 1. The standard InChI is InChI=1S/C11H10F2O3/c1-6(11(15)16-2)10(14)7-3-4-8(12)9(13)5-7/h3-6H,1-2H3. The second kappa shape index (κ2) is 4.83. The number of ether oxygens (including phenoxy) is 1. The van der Waals surface area contributed by atoms with Gasteiger partial charge in [-0.1, -0.05) is 0 Å². The first kappa shape index (κ1) is 12.3. The third-order valence-corrected chi connectivity index (χ3v) is 2.15. The lowest BCUT2D eigenvalue weighted by atomic mass is 9.99. The van der Waals surface area contributed by atoms with Gasteiger partial charge in [-0.15, -0.1) is 0 Å². The molecule has 1 aromatic carbocycles. The number of rotatable bonds is 3. The van der Waals surface area contributed by atoms with Crippen molar-refractivity contribution in [1.29, 1.82) is 0 Å². The molecule has 1 atom stereocenters. The van der Waals surface area contributed by atoms with Crippen molar-refractivity contribution in [3.63, 3.8) is 0 Å². The minimum absolute atomic E-state index is 0.0585. The van der Waals surface area contributed by atoms with Crippen molar-refractivity contribution in [2.45, 2.75) is 6.92 Å². The highest BCUT2D eigenvalue weighted by Gasteiger charge is 2.24. The van der Waals surface area contributed by atoms with Crippen molar-refractivity contribution < 1.29 is 23.1 Å². The van der Waals surface area contributed by atoms with E-state index >= 15 is 0 Å². The van der Waals surface area contributed by atoms with E-state index in [1.165, 1.54) is 6.92 Å². The summed E-state index contributed by atoms with van der Waals surface area (Å²) in [7, 11) is 1.15. The Morgan fingerprint density at radius 1 is 1.25 bits per heavy atom. The number of carbonyl (C=O) groups excluding carboxylic acids is 2. The van der Waals surface area contributed by atoms with E-state index < -0.39 is 29.3 Å². The van der Waals surface area contributed by atoms with Gasteiger partial charge < -0.3 is 4.74 Å². The average Bonchev–Trinajstić information content (AvgIpc) is 2.29. The van der Waals surface area contributed by atoms with Crippen molar-refractivity contribution >= 4 is 11.8 Å². The van der Waals surface area contributed by atoms with E-state index in [4.69, 9.17) is 0 Å². The molecule has 0 bridgehead atoms. The van der Waals surface area contributed by atoms with Gasteiger partial charge in [0.05, 0.1) is 7.11 Å². The SMILES string of the molecule is COC(=O)C(C)C(=O)c1ccc(F)c(F)c1. The first-order chi connectivity index (χ1) is 7.47. The fourth-order valence-corrected chi connectivity index (χ4v) is 1.18. The van der Waals surface area contributed by atoms with E-state index in [2.05, 4.69) is 4.74 Å². The smallest absolute Gasteiger partial charge is 0.316 e. The zero-order valence-corrected chi connectivity index (χ0v) is 8.79. The molecule has 1 unspecified atom stereocenters. The second-order valence-corrected chi connectivity index (χ2v) is 3.24. The number of halogens is 2. The Labute approximate surface area is 91.0 Å². The number of esters is 1. The average molecular weight is 228 g/mol. The molecule has 3 nitrogen and oxygen atoms in total. The minimum atomic E-state index is -1.12. The van der Waals surface area contributed by atoms with Gasteiger partial charge in [0.1, 0.15) is 5.92 Å². The summed E-state index contributed by atoms with van der Waals surface area (Å²) in [4.78, 5) is 22.7. The molecule has 0 aliphatic rings. The Morgan fingerprint density at radius 3 is 2.38 bits per heavy atom. The molecular formula is C11H10F2O3. The van der Waals surface area contributed by atoms with Gasteiger partial charge in [-0.05, 0) is 25.1 Å². The fraction of sp³-hybridized carbons (Fsp3) is 0.273. The van der Waals surface area contributed by atoms with Gasteiger partial charge in [-0.2, -0.15) is 0 Å². The molecule has 86 valence electrons. The number of benzene rings is 1. The highest BCUT2D eigenvalue weighted by molar-refractivity contribution is 6.08. The number of hydrogen-bond acceptors (Lipinski definition) is 3. The predicted octanol–water partition coefficient (Wildman–Crippen LogP) is 1.96. The maximum absolute atomic E-state index is 12.8. The lowest BCUT2D eigenvalue weighted by Crippen LogP contribution is -2.22. The first-order valence-electron chi connectivity index (χ1n) is 4.54. The van der Waals surface area contributed by atoms with Crippen molar-refractivity contribution in [3.8, 4) is 0 Å². The highest BCUT2D eigenvalue weighted by atomic mass is 19.2. The zero-order chi connectivity index (χ0) is 12.3. The van der Waals surface area contributed by atoms with Crippen LogP contribution < -0.4 is 0 Å². The highest BCUT2D eigenvalue weighted by Crippen LogP contribution is 2.14. The van der Waals surface area contributed by atoms with Gasteiger partial charge in [-0.25, -0.2) is 8.78 Å². The number of methoxy groups -OCH3 is 1. The molecule has 0 spiro atoms. The number of hydrogen-bond donors (Lipinski definition) is 0. The molecule has 0 saturated carbocycles. The summed E-state index contributed by atoms with van der Waals surface area (Å²) in [6, 6.07) is 2.73. The molecule has 0 amide bonds. The zero-order valence-electron chi connectivity index (χ0n) is 8.79. The Balaban J connectivity index is 2.97. The summed E-state index contributed by atoms with van der Waals surface area (Å²) in [5, 5.41) is 0. The summed E-state index contributed by atoms with van der Waals surface area (Å²) in [6.45, 7) is 1.34. The molecule has 1 aromatic rings. The van der Waals surface area contributed by atoms with Crippen LogP contribution in [0.1, 0.15) is 17.3 Å². The lowest BCUT2D eigenvalue weighted by Gasteiger charge is -2.08. The van der Waals surface area contributed by atoms with Gasteiger partial charge in [0.25, 0.3) is 0 Å². The van der Waals surface area contributed by atoms with Crippen LogP contribution in [0.5, 0.6) is 0 Å². The van der Waals surface area contributed by atoms with Crippen LogP contribution in [0.25, 0.3) is 0 Å². The largest absolute Gasteiger partial charge is 0.468 e. The molecule has 16 heavy (non-hydrogen) atoms. The van der Waals surface area contributed by atoms with E-state index in [0.29, 0.717) is 0 Å². The van der Waals surface area contributed by atoms with Crippen LogP contribution >= 0.6 is 0 Å². The van der Waals surface area contributed by atoms with Crippen LogP contribution in [0.4, 0.5) is 8.78 Å². The van der Waals surface area contributed by atoms with Crippen molar-refractivity contribution in [2.75, 3.05) is 7.11 Å². The maximum atomic E-state index is 12.8. The summed E-state index contributed by atoms with van der Waals surface area (Å²) in [6.07, 6.45) is 0. The van der Waals surface area contributed by atoms with Crippen LogP contribution in [0.3, 0.4) is 0 Å². The molecule has 0 fully saturated rings. The Kier molecular flexibility index (Phi) is 3.71. The molecule has 0 aliphatic heterocycles. The van der Waals surface area contributed by atoms with Gasteiger partial charge in [0.2, 0.25) is 0 Å². The summed E-state index contributed by atoms with van der Waals surface area (Å²) in [5.74, 6) is -4.51. The summed E-state index contributed by atoms with van der Waals surface area (Å²) in [5.41, 5.74) is -0.0585. The van der Waals surface area contributed by atoms with E-state index in [9.17, 15) is 18.4 Å². The van der Waals surface area contributed by atoms with Gasteiger partial charge >= 0.3 is 5.97 Å². The number of Topliss-reactive ketones (excluding diaryl/α,β-unsaturated/α-hetero) is 1. The summed E-state index contributed by atoms with van der Waals surface area (Å²) >= 11 is 0. The van der Waals surface area contributed by atoms with Crippen molar-refractivity contribution in [2.24, 2.45) is 5.92 Å². The summed E-state index contributed by atoms with van der Waals surface area (Å²) < 4.78 is 29.8. The predicted molar refractivity (Wildman–Crippen MR) is 51.9 cm³/mol. The Bertz CT molecular complexity index is 429. The molecule has 0 heterocycles. The minimum Gasteiger partial charge on any atom is -0.468 e. The van der Waals surface area contributed by atoms with Crippen LogP contribution in [0, 0.1) is 17.6 Å². The van der Waals surface area contributed by atoms with Crippen LogP contribution in [-0.4, -0.2) is 18.9 Å². The topological polar surface area (TPSA) is 43.4 Å². The van der Waals surface area contributed by atoms with Gasteiger partial charge in [0, 0.05) is 5.56 Å². The van der Waals surface area contributed by atoms with Gasteiger partial charge in [0.15, 0.2) is 17.4 Å². The van der Waals surface area contributed by atoms with Gasteiger partial charge in [-0.3, -0.25) is 9.59 Å². The normalized spacial score (nSPS) is 12.0. The monoisotopic (exact) mass is 228 g/mol. The second-order valence-electron chi connectivity index (χ2n) is 3.24. The fourth-order valence-electron chi connectivity index (χ4n) is 1.18. The molecule has 0 saturated heterocycles. The van der Waals surface area contributed by atoms with Crippen LogP contribution in [0.2, 0.25) is 0 Å². The molecule has 0 radical (unpaired) electrons. The van der Waals surface area contributed by atoms with E-state index in [-0.39, 0.29) is 5.56 Å². The molecule has 0 aromatic heterocycles. The molecule has 1 rings (SSSR count). The quantitative estimate of drug-likeness (QED) is 0.451. The first-order valence-corrected chi connectivity index (χ1v) is 4.54. The number of carbonyl (C=O) groups is 2. The third kappa shape index (κ3) is 2.42. The third-order valence-electron chi connectivity index (χ3n) is 2.15. The van der Waals surface area contributed by atoms with E-state index in [1.54, 1.807) is 0 Å². The molecular weight excluding hydrogens is 218 g/mol. The Hall–Kier alpha value is -1.78. The van der Waals surface area contributed by atoms with Crippen molar-refractivity contribution in [3.05, 3.63) is 35.4 Å². The lowest BCUT2D eigenvalue weighted by molar-refractivity contribution is -0.143. The van der Waals surface area contributed by atoms with E-state index in [0.717, 1.165) is 25.3 Å². The van der Waals surface area contributed by atoms with Crippen molar-refractivity contribution in [1.82, 2.24) is 0 Å². The molecule has 5 heteroatoms. The molecule has 0 N–H and O–H groups in total. The van der Waals surface area contributed by atoms with Crippen LogP contribution in [0.15, 0.2) is 18.2 Å². The Morgan fingerprint density at radius 2 is 1.88 bits per heavy atom.